The molecule has 4 heteroatoms. The minimum atomic E-state index is -0.782. The molecule has 0 saturated carbocycles. The first-order chi connectivity index (χ1) is 17.6. The monoisotopic (exact) mass is 498 g/mol. The van der Waals surface area contributed by atoms with Gasteiger partial charge in [-0.25, -0.2) is 14.4 Å². The van der Waals surface area contributed by atoms with Crippen molar-refractivity contribution in [2.75, 3.05) is 6.61 Å². The Morgan fingerprint density at radius 3 is 1.94 bits per heavy atom. The first-order valence-corrected chi connectivity index (χ1v) is 14.8. The van der Waals surface area contributed by atoms with Gasteiger partial charge in [-0.05, 0) is 61.4 Å². The molecule has 0 aliphatic heterocycles. The molecule has 0 bridgehead atoms. The Balaban J connectivity index is 1.61. The fourth-order valence-electron chi connectivity index (χ4n) is 4.70. The number of hydrogen-bond acceptors (Lipinski definition) is 3. The zero-order chi connectivity index (χ0) is 25.8. The van der Waals surface area contributed by atoms with Crippen LogP contribution in [0, 0.1) is 5.92 Å². The van der Waals surface area contributed by atoms with E-state index in [2.05, 4.69) is 30.7 Å². The molecule has 2 atom stereocenters. The summed E-state index contributed by atoms with van der Waals surface area (Å²) < 4.78 is 19.9. The van der Waals surface area contributed by atoms with Crippen LogP contribution in [0.15, 0.2) is 36.7 Å². The van der Waals surface area contributed by atoms with Gasteiger partial charge in [-0.2, -0.15) is 0 Å². The van der Waals surface area contributed by atoms with Gasteiger partial charge < -0.3 is 4.74 Å². The number of aryl methyl sites for hydroxylation is 1. The maximum atomic E-state index is 14.1. The molecule has 1 aromatic carbocycles. The third-order valence-electron chi connectivity index (χ3n) is 7.09. The summed E-state index contributed by atoms with van der Waals surface area (Å²) in [5.74, 6) is 2.11. The molecule has 0 aliphatic rings. The smallest absolute Gasteiger partial charge is 0.159 e. The van der Waals surface area contributed by atoms with Crippen molar-refractivity contribution in [3.8, 4) is 17.1 Å². The lowest BCUT2D eigenvalue weighted by atomic mass is 9.98. The zero-order valence-electron chi connectivity index (χ0n) is 23.3. The van der Waals surface area contributed by atoms with Gasteiger partial charge in [0.1, 0.15) is 11.9 Å². The van der Waals surface area contributed by atoms with Gasteiger partial charge in [0.15, 0.2) is 5.82 Å². The van der Waals surface area contributed by atoms with Crippen molar-refractivity contribution in [1.82, 2.24) is 9.97 Å². The van der Waals surface area contributed by atoms with Crippen LogP contribution in [0.2, 0.25) is 0 Å². The molecule has 0 N–H and O–H groups in total. The second kappa shape index (κ2) is 19.2. The summed E-state index contributed by atoms with van der Waals surface area (Å²) in [5, 5.41) is 0. The fourth-order valence-corrected chi connectivity index (χ4v) is 4.70. The summed E-state index contributed by atoms with van der Waals surface area (Å²) in [5.41, 5.74) is 2.18. The Labute approximate surface area is 220 Å². The Bertz CT molecular complexity index is 778. The van der Waals surface area contributed by atoms with E-state index in [0.717, 1.165) is 30.0 Å². The van der Waals surface area contributed by atoms with Crippen LogP contribution in [-0.2, 0) is 6.42 Å². The maximum absolute atomic E-state index is 14.1. The normalized spacial score (nSPS) is 13.0. The van der Waals surface area contributed by atoms with Gasteiger partial charge in [-0.15, -0.1) is 0 Å². The van der Waals surface area contributed by atoms with Crippen LogP contribution in [0.25, 0.3) is 11.4 Å². The average molecular weight is 499 g/mol. The molecule has 0 fully saturated rings. The highest BCUT2D eigenvalue weighted by molar-refractivity contribution is 5.55. The van der Waals surface area contributed by atoms with E-state index in [1.54, 1.807) is 0 Å². The van der Waals surface area contributed by atoms with Gasteiger partial charge in [0.05, 0.1) is 6.61 Å². The molecule has 0 saturated heterocycles. The van der Waals surface area contributed by atoms with Crippen molar-refractivity contribution < 1.29 is 9.13 Å². The molecule has 0 aliphatic carbocycles. The first kappa shape index (κ1) is 30.3. The molecule has 0 radical (unpaired) electrons. The van der Waals surface area contributed by atoms with E-state index in [-0.39, 0.29) is 0 Å². The van der Waals surface area contributed by atoms with Crippen molar-refractivity contribution in [3.63, 3.8) is 0 Å². The van der Waals surface area contributed by atoms with E-state index in [9.17, 15) is 4.39 Å². The van der Waals surface area contributed by atoms with E-state index >= 15 is 0 Å². The van der Waals surface area contributed by atoms with Gasteiger partial charge >= 0.3 is 0 Å². The number of unbranched alkanes of at least 4 members (excludes halogenated alkanes) is 9. The summed E-state index contributed by atoms with van der Waals surface area (Å²) in [4.78, 5) is 9.15. The predicted molar refractivity (Wildman–Crippen MR) is 151 cm³/mol. The molecule has 1 heterocycles. The SMILES string of the molecule is CCCCCCCCCCCCc1cnc(-c2ccc(OCCC(F)CCC(C)CCC)cc2)nc1. The molecule has 202 valence electrons. The number of rotatable bonds is 21. The van der Waals surface area contributed by atoms with Gasteiger partial charge in [-0.3, -0.25) is 0 Å². The van der Waals surface area contributed by atoms with Crippen molar-refractivity contribution >= 4 is 0 Å². The van der Waals surface area contributed by atoms with Crippen molar-refractivity contribution in [2.45, 2.75) is 130 Å². The second-order valence-corrected chi connectivity index (χ2v) is 10.6. The average Bonchev–Trinajstić information content (AvgIpc) is 2.89. The van der Waals surface area contributed by atoms with Gasteiger partial charge in [0, 0.05) is 24.4 Å². The first-order valence-electron chi connectivity index (χ1n) is 14.8. The summed E-state index contributed by atoms with van der Waals surface area (Å²) in [6.45, 7) is 7.08. The number of ether oxygens (including phenoxy) is 1. The van der Waals surface area contributed by atoms with Crippen molar-refractivity contribution in [1.29, 1.82) is 0 Å². The number of halogens is 1. The lowest BCUT2D eigenvalue weighted by Crippen LogP contribution is -2.09. The predicted octanol–water partition coefficient (Wildman–Crippen LogP) is 9.93. The second-order valence-electron chi connectivity index (χ2n) is 10.6. The van der Waals surface area contributed by atoms with E-state index < -0.39 is 6.17 Å². The van der Waals surface area contributed by atoms with Crippen LogP contribution in [-0.4, -0.2) is 22.7 Å². The minimum Gasteiger partial charge on any atom is -0.493 e. The zero-order valence-corrected chi connectivity index (χ0v) is 23.3. The number of nitrogens with zero attached hydrogens (tertiary/aromatic N) is 2. The van der Waals surface area contributed by atoms with Gasteiger partial charge in [0.2, 0.25) is 0 Å². The lowest BCUT2D eigenvalue weighted by molar-refractivity contribution is 0.216. The largest absolute Gasteiger partial charge is 0.493 e. The van der Waals surface area contributed by atoms with Crippen LogP contribution >= 0.6 is 0 Å². The quantitative estimate of drug-likeness (QED) is 0.161. The maximum Gasteiger partial charge on any atom is 0.159 e. The molecule has 36 heavy (non-hydrogen) atoms. The van der Waals surface area contributed by atoms with Crippen molar-refractivity contribution in [3.05, 3.63) is 42.2 Å². The summed E-state index contributed by atoms with van der Waals surface area (Å²) in [7, 11) is 0. The summed E-state index contributed by atoms with van der Waals surface area (Å²) in [6, 6.07) is 7.80. The third-order valence-corrected chi connectivity index (χ3v) is 7.09. The minimum absolute atomic E-state index is 0.410. The van der Waals surface area contributed by atoms with Crippen molar-refractivity contribution in [2.24, 2.45) is 5.92 Å². The van der Waals surface area contributed by atoms with Gasteiger partial charge in [-0.1, -0.05) is 91.4 Å². The molecule has 2 aromatic rings. The van der Waals surface area contributed by atoms with E-state index in [1.807, 2.05) is 36.7 Å². The van der Waals surface area contributed by atoms with Crippen LogP contribution in [0.1, 0.15) is 123 Å². The number of alkyl halides is 1. The number of hydrogen-bond donors (Lipinski definition) is 0. The molecule has 1 aromatic heterocycles. The van der Waals surface area contributed by atoms with E-state index in [4.69, 9.17) is 4.74 Å². The molecule has 0 spiro atoms. The van der Waals surface area contributed by atoms with Crippen LogP contribution in [0.4, 0.5) is 4.39 Å². The Hall–Kier alpha value is -1.97. The molecule has 2 rings (SSSR count). The Morgan fingerprint density at radius 2 is 1.33 bits per heavy atom. The molecular weight excluding hydrogens is 447 g/mol. The van der Waals surface area contributed by atoms with E-state index in [0.29, 0.717) is 25.4 Å². The Kier molecular flexibility index (Phi) is 16.1. The lowest BCUT2D eigenvalue weighted by Gasteiger charge is -2.13. The Morgan fingerprint density at radius 1 is 0.722 bits per heavy atom. The number of aromatic nitrogens is 2. The highest BCUT2D eigenvalue weighted by Gasteiger charge is 2.10. The highest BCUT2D eigenvalue weighted by atomic mass is 19.1. The fraction of sp³-hybridized carbons (Fsp3) is 0.688. The molecule has 2 unspecified atom stereocenters. The van der Waals surface area contributed by atoms with Crippen LogP contribution in [0.5, 0.6) is 5.75 Å². The summed E-state index contributed by atoms with van der Waals surface area (Å²) in [6.07, 6.45) is 22.1. The molecule has 3 nitrogen and oxygen atoms in total. The summed E-state index contributed by atoms with van der Waals surface area (Å²) >= 11 is 0. The highest BCUT2D eigenvalue weighted by Crippen LogP contribution is 2.21. The van der Waals surface area contributed by atoms with Crippen LogP contribution in [0.3, 0.4) is 0 Å². The number of benzene rings is 1. The van der Waals surface area contributed by atoms with Gasteiger partial charge in [0.25, 0.3) is 0 Å². The standard InChI is InChI=1S/C32H51FN2O/c1-4-6-7-8-9-10-11-12-13-14-16-28-25-34-32(35-26-28)29-18-21-31(22-19-29)36-24-23-30(33)20-17-27(3)15-5-2/h18-19,21-22,25-27,30H,4-17,20,23-24H2,1-3H3. The third kappa shape index (κ3) is 13.4. The molecule has 0 amide bonds. The topological polar surface area (TPSA) is 35.0 Å². The molecular formula is C32H51FN2O. The van der Waals surface area contributed by atoms with E-state index in [1.165, 1.54) is 82.6 Å². The van der Waals surface area contributed by atoms with Crippen LogP contribution < -0.4 is 4.74 Å².